The number of carbonyl (C=O) groups is 1. The molecule has 0 bridgehead atoms. The van der Waals surface area contributed by atoms with E-state index >= 15 is 0 Å². The van der Waals surface area contributed by atoms with Gasteiger partial charge in [-0.1, -0.05) is 30.3 Å². The first-order valence-electron chi connectivity index (χ1n) is 9.47. The maximum Gasteiger partial charge on any atom is 0.274 e. The molecular formula is C22H22N4O2. The van der Waals surface area contributed by atoms with Crippen LogP contribution in [0.5, 0.6) is 5.75 Å². The second-order valence-corrected chi connectivity index (χ2v) is 6.53. The summed E-state index contributed by atoms with van der Waals surface area (Å²) in [5, 5.41) is 2.89. The zero-order chi connectivity index (χ0) is 19.3. The number of nitrogens with one attached hydrogen (secondary N) is 1. The van der Waals surface area contributed by atoms with E-state index in [2.05, 4.69) is 38.4 Å². The van der Waals surface area contributed by atoms with Crippen molar-refractivity contribution in [3.63, 3.8) is 0 Å². The molecule has 6 nitrogen and oxygen atoms in total. The Labute approximate surface area is 164 Å². The molecule has 1 aromatic heterocycles. The van der Waals surface area contributed by atoms with Crippen molar-refractivity contribution in [1.29, 1.82) is 0 Å². The molecule has 0 aliphatic carbocycles. The number of benzene rings is 2. The highest BCUT2D eigenvalue weighted by Gasteiger charge is 2.20. The molecule has 0 spiro atoms. The Balaban J connectivity index is 1.59. The molecule has 6 heteroatoms. The lowest BCUT2D eigenvalue weighted by Gasteiger charge is -2.30. The number of nitrogens with zero attached hydrogens (tertiary/aromatic N) is 3. The molecule has 0 saturated heterocycles. The van der Waals surface area contributed by atoms with Crippen molar-refractivity contribution >= 4 is 23.1 Å². The summed E-state index contributed by atoms with van der Waals surface area (Å²) in [6.07, 6.45) is 3.54. The summed E-state index contributed by atoms with van der Waals surface area (Å²) >= 11 is 0. The molecule has 0 saturated carbocycles. The number of aryl methyl sites for hydroxylation is 1. The Morgan fingerprint density at radius 1 is 1.14 bits per heavy atom. The van der Waals surface area contributed by atoms with E-state index in [0.717, 1.165) is 30.9 Å². The first-order valence-corrected chi connectivity index (χ1v) is 9.47. The fourth-order valence-corrected chi connectivity index (χ4v) is 3.43. The van der Waals surface area contributed by atoms with E-state index in [9.17, 15) is 4.79 Å². The number of aromatic nitrogens is 2. The minimum absolute atomic E-state index is 0.291. The molecule has 3 aromatic rings. The maximum atomic E-state index is 12.8. The van der Waals surface area contributed by atoms with E-state index in [-0.39, 0.29) is 5.91 Å². The Morgan fingerprint density at radius 3 is 2.86 bits per heavy atom. The van der Waals surface area contributed by atoms with Gasteiger partial charge in [0.15, 0.2) is 0 Å². The molecule has 28 heavy (non-hydrogen) atoms. The average molecular weight is 374 g/mol. The Morgan fingerprint density at radius 2 is 1.96 bits per heavy atom. The lowest BCUT2D eigenvalue weighted by atomic mass is 10.0. The van der Waals surface area contributed by atoms with Crippen LogP contribution in [0.4, 0.5) is 17.2 Å². The lowest BCUT2D eigenvalue weighted by molar-refractivity contribution is 0.102. The number of hydrogen-bond acceptors (Lipinski definition) is 5. The summed E-state index contributed by atoms with van der Waals surface area (Å²) < 4.78 is 5.58. The van der Waals surface area contributed by atoms with Gasteiger partial charge in [-0.3, -0.25) is 4.79 Å². The van der Waals surface area contributed by atoms with Crippen LogP contribution in [0.25, 0.3) is 0 Å². The standard InChI is InChI=1S/C22H22N4O2/c1-2-28-20-12-6-4-10-17(20)25-22(27)18-14-21(24-15-23-18)26-13-7-9-16-8-3-5-11-19(16)26/h3-6,8,10-12,14-15H,2,7,9,13H2,1H3,(H,25,27). The molecule has 142 valence electrons. The van der Waals surface area contributed by atoms with Gasteiger partial charge in [0, 0.05) is 18.3 Å². The van der Waals surface area contributed by atoms with Gasteiger partial charge in [-0.25, -0.2) is 9.97 Å². The van der Waals surface area contributed by atoms with E-state index in [1.54, 1.807) is 6.07 Å². The minimum Gasteiger partial charge on any atom is -0.492 e. The van der Waals surface area contributed by atoms with Crippen LogP contribution in [0, 0.1) is 0 Å². The van der Waals surface area contributed by atoms with Gasteiger partial charge in [0.05, 0.1) is 12.3 Å². The molecule has 1 N–H and O–H groups in total. The van der Waals surface area contributed by atoms with Gasteiger partial charge in [0.2, 0.25) is 0 Å². The largest absolute Gasteiger partial charge is 0.492 e. The molecule has 1 amide bonds. The summed E-state index contributed by atoms with van der Waals surface area (Å²) in [4.78, 5) is 23.5. The second kappa shape index (κ2) is 8.08. The minimum atomic E-state index is -0.291. The van der Waals surface area contributed by atoms with E-state index in [1.165, 1.54) is 11.9 Å². The Kier molecular flexibility index (Phi) is 5.19. The van der Waals surface area contributed by atoms with Gasteiger partial charge in [-0.15, -0.1) is 0 Å². The maximum absolute atomic E-state index is 12.8. The van der Waals surface area contributed by atoms with Crippen LogP contribution in [0.15, 0.2) is 60.9 Å². The molecule has 0 radical (unpaired) electrons. The summed E-state index contributed by atoms with van der Waals surface area (Å²) in [5.74, 6) is 1.07. The average Bonchev–Trinajstić information content (AvgIpc) is 2.75. The van der Waals surface area contributed by atoms with Crippen LogP contribution in [0.3, 0.4) is 0 Å². The summed E-state index contributed by atoms with van der Waals surface area (Å²) in [6.45, 7) is 3.30. The number of ether oxygens (including phenoxy) is 1. The number of amides is 1. The molecule has 0 atom stereocenters. The first kappa shape index (κ1) is 18.0. The summed E-state index contributed by atoms with van der Waals surface area (Å²) in [5.41, 5.74) is 3.38. The fraction of sp³-hybridized carbons (Fsp3) is 0.227. The molecule has 0 unspecified atom stereocenters. The van der Waals surface area contributed by atoms with Crippen LogP contribution in [-0.4, -0.2) is 29.0 Å². The van der Waals surface area contributed by atoms with Crippen LogP contribution < -0.4 is 15.0 Å². The van der Waals surface area contributed by atoms with Gasteiger partial charge in [0.25, 0.3) is 5.91 Å². The number of anilines is 3. The topological polar surface area (TPSA) is 67.3 Å². The van der Waals surface area contributed by atoms with Crippen LogP contribution >= 0.6 is 0 Å². The normalized spacial score (nSPS) is 13.0. The molecule has 0 fully saturated rings. The van der Waals surface area contributed by atoms with Gasteiger partial charge in [-0.05, 0) is 43.5 Å². The quantitative estimate of drug-likeness (QED) is 0.724. The second-order valence-electron chi connectivity index (χ2n) is 6.53. The summed E-state index contributed by atoms with van der Waals surface area (Å²) in [7, 11) is 0. The molecular weight excluding hydrogens is 352 g/mol. The zero-order valence-electron chi connectivity index (χ0n) is 15.8. The van der Waals surface area contributed by atoms with Crippen molar-refractivity contribution in [2.45, 2.75) is 19.8 Å². The van der Waals surface area contributed by atoms with Crippen molar-refractivity contribution in [2.75, 3.05) is 23.4 Å². The van der Waals surface area contributed by atoms with Crippen molar-refractivity contribution in [3.05, 3.63) is 72.2 Å². The Bertz CT molecular complexity index is 990. The number of fused-ring (bicyclic) bond motifs is 1. The highest BCUT2D eigenvalue weighted by molar-refractivity contribution is 6.04. The van der Waals surface area contributed by atoms with E-state index in [0.29, 0.717) is 23.7 Å². The number of para-hydroxylation sites is 3. The molecule has 1 aliphatic rings. The van der Waals surface area contributed by atoms with E-state index < -0.39 is 0 Å². The Hall–Kier alpha value is -3.41. The molecule has 2 heterocycles. The number of hydrogen-bond donors (Lipinski definition) is 1. The lowest BCUT2D eigenvalue weighted by Crippen LogP contribution is -2.26. The summed E-state index contributed by atoms with van der Waals surface area (Å²) in [6, 6.07) is 17.4. The van der Waals surface area contributed by atoms with E-state index in [1.807, 2.05) is 37.3 Å². The van der Waals surface area contributed by atoms with Crippen molar-refractivity contribution < 1.29 is 9.53 Å². The van der Waals surface area contributed by atoms with Gasteiger partial charge in [0.1, 0.15) is 23.6 Å². The van der Waals surface area contributed by atoms with Crippen molar-refractivity contribution in [1.82, 2.24) is 9.97 Å². The zero-order valence-corrected chi connectivity index (χ0v) is 15.8. The van der Waals surface area contributed by atoms with Gasteiger partial charge in [-0.2, -0.15) is 0 Å². The van der Waals surface area contributed by atoms with Crippen LogP contribution in [-0.2, 0) is 6.42 Å². The van der Waals surface area contributed by atoms with Crippen molar-refractivity contribution in [3.8, 4) is 5.75 Å². The van der Waals surface area contributed by atoms with Crippen LogP contribution in [0.1, 0.15) is 29.4 Å². The SMILES string of the molecule is CCOc1ccccc1NC(=O)c1cc(N2CCCc3ccccc32)ncn1. The van der Waals surface area contributed by atoms with E-state index in [4.69, 9.17) is 4.74 Å². The number of rotatable bonds is 5. The predicted octanol–water partition coefficient (Wildman–Crippen LogP) is 4.21. The monoisotopic (exact) mass is 374 g/mol. The third-order valence-corrected chi connectivity index (χ3v) is 4.71. The van der Waals surface area contributed by atoms with Crippen molar-refractivity contribution in [2.24, 2.45) is 0 Å². The first-order chi connectivity index (χ1) is 13.8. The molecule has 4 rings (SSSR count). The third kappa shape index (κ3) is 3.67. The predicted molar refractivity (Wildman–Crippen MR) is 109 cm³/mol. The third-order valence-electron chi connectivity index (χ3n) is 4.71. The number of carbonyl (C=O) groups excluding carboxylic acids is 1. The molecule has 2 aromatic carbocycles. The van der Waals surface area contributed by atoms with Gasteiger partial charge >= 0.3 is 0 Å². The smallest absolute Gasteiger partial charge is 0.274 e. The highest BCUT2D eigenvalue weighted by atomic mass is 16.5. The van der Waals surface area contributed by atoms with Gasteiger partial charge < -0.3 is 15.0 Å². The van der Waals surface area contributed by atoms with Crippen LogP contribution in [0.2, 0.25) is 0 Å². The highest BCUT2D eigenvalue weighted by Crippen LogP contribution is 2.32. The fourth-order valence-electron chi connectivity index (χ4n) is 3.43. The molecule has 1 aliphatic heterocycles.